The Hall–Kier alpha value is -1.71. The number of rotatable bonds is 3. The third-order valence-corrected chi connectivity index (χ3v) is 5.18. The first-order valence-electron chi connectivity index (χ1n) is 5.94. The maximum absolute atomic E-state index is 12.0. The first-order chi connectivity index (χ1) is 10.1. The molecule has 0 atom stereocenters. The molecular weight excluding hydrogens is 330 g/mol. The average Bonchev–Trinajstić information content (AvgIpc) is 2.93. The first-order valence-corrected chi connectivity index (χ1v) is 8.15. The summed E-state index contributed by atoms with van der Waals surface area (Å²) in [6, 6.07) is 7.24. The predicted octanol–water partition coefficient (Wildman–Crippen LogP) is 0.954. The molecule has 0 bridgehead atoms. The molecular formula is C12H9N3O3S3. The third kappa shape index (κ3) is 2.71. The van der Waals surface area contributed by atoms with Gasteiger partial charge in [0.05, 0.1) is 16.0 Å². The molecule has 1 saturated heterocycles. The van der Waals surface area contributed by atoms with Gasteiger partial charge in [0.2, 0.25) is 0 Å². The highest BCUT2D eigenvalue weighted by Crippen LogP contribution is 2.18. The molecule has 1 aliphatic rings. The van der Waals surface area contributed by atoms with E-state index < -0.39 is 5.91 Å². The van der Waals surface area contributed by atoms with Gasteiger partial charge in [-0.2, -0.15) is 0 Å². The minimum Gasteiger partial charge on any atom is -0.289 e. The zero-order valence-corrected chi connectivity index (χ0v) is 13.0. The van der Waals surface area contributed by atoms with Crippen LogP contribution in [0.3, 0.4) is 0 Å². The molecule has 0 aliphatic carbocycles. The Morgan fingerprint density at radius 3 is 2.81 bits per heavy atom. The molecule has 0 unspecified atom stereocenters. The van der Waals surface area contributed by atoms with Gasteiger partial charge in [0.15, 0.2) is 4.32 Å². The number of para-hydroxylation sites is 1. The molecule has 1 aromatic carbocycles. The second kappa shape index (κ2) is 5.58. The van der Waals surface area contributed by atoms with E-state index in [2.05, 4.69) is 5.43 Å². The molecule has 21 heavy (non-hydrogen) atoms. The van der Waals surface area contributed by atoms with E-state index in [1.165, 1.54) is 16.3 Å². The van der Waals surface area contributed by atoms with E-state index in [4.69, 9.17) is 12.2 Å². The molecule has 2 heterocycles. The van der Waals surface area contributed by atoms with Crippen molar-refractivity contribution in [2.45, 2.75) is 6.54 Å². The van der Waals surface area contributed by atoms with E-state index in [0.717, 1.165) is 21.0 Å². The lowest BCUT2D eigenvalue weighted by molar-refractivity contribution is -0.134. The zero-order chi connectivity index (χ0) is 15.0. The van der Waals surface area contributed by atoms with Crippen LogP contribution in [0.4, 0.5) is 0 Å². The molecule has 0 spiro atoms. The lowest BCUT2D eigenvalue weighted by atomic mass is 10.3. The molecule has 9 heteroatoms. The summed E-state index contributed by atoms with van der Waals surface area (Å²) < 4.78 is 2.51. The number of nitrogens with zero attached hydrogens (tertiary/aromatic N) is 2. The van der Waals surface area contributed by atoms with E-state index in [-0.39, 0.29) is 23.1 Å². The summed E-state index contributed by atoms with van der Waals surface area (Å²) in [7, 11) is 0. The summed E-state index contributed by atoms with van der Waals surface area (Å²) >= 11 is 7.25. The Morgan fingerprint density at radius 1 is 1.33 bits per heavy atom. The van der Waals surface area contributed by atoms with Crippen molar-refractivity contribution in [3.63, 3.8) is 0 Å². The standard InChI is InChI=1S/C12H9N3O3S3/c16-9(13-15-10(17)6-20-12(15)19)5-14-7-3-1-2-4-8(7)21-11(14)18/h1-4H,5-6H2,(H,13,16). The Balaban J connectivity index is 1.81. The number of hydrazine groups is 1. The van der Waals surface area contributed by atoms with Crippen LogP contribution in [-0.4, -0.2) is 31.5 Å². The Labute approximate surface area is 132 Å². The minimum absolute atomic E-state index is 0.153. The zero-order valence-electron chi connectivity index (χ0n) is 10.6. The van der Waals surface area contributed by atoms with Gasteiger partial charge < -0.3 is 0 Å². The van der Waals surface area contributed by atoms with Crippen LogP contribution in [0.25, 0.3) is 10.2 Å². The molecule has 6 nitrogen and oxygen atoms in total. The Morgan fingerprint density at radius 2 is 2.10 bits per heavy atom. The highest BCUT2D eigenvalue weighted by molar-refractivity contribution is 8.23. The smallest absolute Gasteiger partial charge is 0.289 e. The summed E-state index contributed by atoms with van der Waals surface area (Å²) in [6.07, 6.45) is 0. The number of nitrogens with one attached hydrogen (secondary N) is 1. The van der Waals surface area contributed by atoms with Crippen LogP contribution in [-0.2, 0) is 16.1 Å². The fourth-order valence-electron chi connectivity index (χ4n) is 1.93. The largest absolute Gasteiger partial charge is 0.308 e. The number of fused-ring (bicyclic) bond motifs is 1. The molecule has 108 valence electrons. The molecule has 0 saturated carbocycles. The number of aromatic nitrogens is 1. The molecule has 1 N–H and O–H groups in total. The molecule has 1 aliphatic heterocycles. The van der Waals surface area contributed by atoms with Gasteiger partial charge in [-0.25, -0.2) is 5.01 Å². The summed E-state index contributed by atoms with van der Waals surface area (Å²) in [6.45, 7) is -0.153. The number of carbonyl (C=O) groups excluding carboxylic acids is 2. The van der Waals surface area contributed by atoms with Gasteiger partial charge in [-0.1, -0.05) is 47.4 Å². The van der Waals surface area contributed by atoms with E-state index in [1.54, 1.807) is 12.1 Å². The van der Waals surface area contributed by atoms with Gasteiger partial charge in [0, 0.05) is 0 Å². The van der Waals surface area contributed by atoms with Gasteiger partial charge in [-0.05, 0) is 12.1 Å². The van der Waals surface area contributed by atoms with Crippen molar-refractivity contribution in [2.75, 3.05) is 5.75 Å². The molecule has 1 aromatic heterocycles. The number of thiazole rings is 1. The topological polar surface area (TPSA) is 71.4 Å². The van der Waals surface area contributed by atoms with Crippen LogP contribution in [0.2, 0.25) is 0 Å². The van der Waals surface area contributed by atoms with E-state index in [9.17, 15) is 14.4 Å². The quantitative estimate of drug-likeness (QED) is 0.843. The highest BCUT2D eigenvalue weighted by atomic mass is 32.2. The second-order valence-electron chi connectivity index (χ2n) is 4.24. The minimum atomic E-state index is -0.459. The molecule has 2 aromatic rings. The van der Waals surface area contributed by atoms with Crippen LogP contribution in [0.1, 0.15) is 0 Å². The van der Waals surface area contributed by atoms with Crippen molar-refractivity contribution < 1.29 is 9.59 Å². The van der Waals surface area contributed by atoms with Crippen LogP contribution in [0, 0.1) is 0 Å². The second-order valence-corrected chi connectivity index (χ2v) is 6.84. The predicted molar refractivity (Wildman–Crippen MR) is 86.1 cm³/mol. The van der Waals surface area contributed by atoms with Crippen molar-refractivity contribution in [3.8, 4) is 0 Å². The Bertz CT molecular complexity index is 795. The number of hydrogen-bond acceptors (Lipinski definition) is 6. The van der Waals surface area contributed by atoms with E-state index >= 15 is 0 Å². The fraction of sp³-hybridized carbons (Fsp3) is 0.167. The summed E-state index contributed by atoms with van der Waals surface area (Å²) in [5.74, 6) is -0.500. The summed E-state index contributed by atoms with van der Waals surface area (Å²) in [4.78, 5) is 35.3. The number of hydrogen-bond donors (Lipinski definition) is 1. The van der Waals surface area contributed by atoms with Crippen molar-refractivity contribution in [1.82, 2.24) is 15.0 Å². The Kier molecular flexibility index (Phi) is 3.79. The maximum Gasteiger partial charge on any atom is 0.308 e. The molecule has 0 radical (unpaired) electrons. The van der Waals surface area contributed by atoms with E-state index in [1.807, 2.05) is 12.1 Å². The normalized spacial score (nSPS) is 15.0. The SMILES string of the molecule is O=C(Cn1c(=O)sc2ccccc21)NN1C(=O)CSC1=S. The summed E-state index contributed by atoms with van der Waals surface area (Å²) in [5.41, 5.74) is 3.14. The molecule has 3 rings (SSSR count). The number of carbonyl (C=O) groups is 2. The monoisotopic (exact) mass is 339 g/mol. The lowest BCUT2D eigenvalue weighted by Gasteiger charge is -2.16. The van der Waals surface area contributed by atoms with Crippen molar-refractivity contribution in [3.05, 3.63) is 33.9 Å². The third-order valence-electron chi connectivity index (χ3n) is 2.86. The van der Waals surface area contributed by atoms with Crippen LogP contribution < -0.4 is 10.3 Å². The van der Waals surface area contributed by atoms with Crippen LogP contribution >= 0.6 is 35.3 Å². The van der Waals surface area contributed by atoms with Crippen LogP contribution in [0.15, 0.2) is 29.1 Å². The fourth-order valence-corrected chi connectivity index (χ4v) is 3.80. The van der Waals surface area contributed by atoms with Gasteiger partial charge in [-0.15, -0.1) is 0 Å². The van der Waals surface area contributed by atoms with Gasteiger partial charge in [0.1, 0.15) is 6.54 Å². The molecule has 1 fully saturated rings. The van der Waals surface area contributed by atoms with Crippen LogP contribution in [0.5, 0.6) is 0 Å². The van der Waals surface area contributed by atoms with Crippen molar-refractivity contribution in [1.29, 1.82) is 0 Å². The number of thioether (sulfide) groups is 1. The number of amides is 2. The summed E-state index contributed by atoms with van der Waals surface area (Å²) in [5, 5.41) is 1.06. The molecule has 2 amide bonds. The van der Waals surface area contributed by atoms with Gasteiger partial charge in [0.25, 0.3) is 11.8 Å². The lowest BCUT2D eigenvalue weighted by Crippen LogP contribution is -2.46. The number of thiocarbonyl (C=S) groups is 1. The maximum atomic E-state index is 12.0. The van der Waals surface area contributed by atoms with Crippen molar-refractivity contribution >= 4 is 61.7 Å². The highest BCUT2D eigenvalue weighted by Gasteiger charge is 2.28. The average molecular weight is 339 g/mol. The van der Waals surface area contributed by atoms with Gasteiger partial charge >= 0.3 is 4.87 Å². The first kappa shape index (κ1) is 14.2. The van der Waals surface area contributed by atoms with Crippen molar-refractivity contribution in [2.24, 2.45) is 0 Å². The van der Waals surface area contributed by atoms with Gasteiger partial charge in [-0.3, -0.25) is 24.4 Å². The van der Waals surface area contributed by atoms with E-state index in [0.29, 0.717) is 9.84 Å². The number of benzene rings is 1.